The summed E-state index contributed by atoms with van der Waals surface area (Å²) in [7, 11) is -3.73. The van der Waals surface area contributed by atoms with Gasteiger partial charge in [0.25, 0.3) is 10.0 Å². The number of aliphatic carboxylic acids is 1. The molecular weight excluding hydrogens is 408 g/mol. The molecule has 1 fully saturated rings. The molecule has 0 aromatic heterocycles. The fourth-order valence-electron chi connectivity index (χ4n) is 3.69. The first kappa shape index (κ1) is 20.1. The van der Waals surface area contributed by atoms with Crippen LogP contribution in [0.15, 0.2) is 65.6 Å². The molecule has 0 saturated carbocycles. The first-order valence-corrected chi connectivity index (χ1v) is 10.8. The van der Waals surface area contributed by atoms with Crippen LogP contribution in [-0.2, 0) is 24.3 Å². The van der Waals surface area contributed by atoms with E-state index in [9.17, 15) is 23.1 Å². The van der Waals surface area contributed by atoms with Crippen molar-refractivity contribution in [3.8, 4) is 0 Å². The molecule has 0 aliphatic carbocycles. The van der Waals surface area contributed by atoms with E-state index in [2.05, 4.69) is 10.0 Å². The molecule has 0 radical (unpaired) electrons. The van der Waals surface area contributed by atoms with Gasteiger partial charge in [-0.15, -0.1) is 0 Å². The average Bonchev–Trinajstić information content (AvgIpc) is 3.31. The summed E-state index contributed by atoms with van der Waals surface area (Å²) in [5.74, 6) is -3.28. The van der Waals surface area contributed by atoms with E-state index in [0.717, 1.165) is 5.56 Å². The highest BCUT2D eigenvalue weighted by Gasteiger charge is 2.53. The minimum atomic E-state index is -3.73. The van der Waals surface area contributed by atoms with Crippen LogP contribution >= 0.6 is 0 Å². The van der Waals surface area contributed by atoms with Crippen molar-refractivity contribution in [3.05, 3.63) is 66.2 Å². The quantitative estimate of drug-likeness (QED) is 0.608. The van der Waals surface area contributed by atoms with Crippen molar-refractivity contribution in [3.63, 3.8) is 0 Å². The Hall–Kier alpha value is -3.17. The van der Waals surface area contributed by atoms with Crippen LogP contribution in [0.3, 0.4) is 0 Å². The lowest BCUT2D eigenvalue weighted by Gasteiger charge is -2.21. The van der Waals surface area contributed by atoms with E-state index in [1.165, 1.54) is 24.3 Å². The molecule has 2 aliphatic rings. The number of carboxylic acids is 1. The van der Waals surface area contributed by atoms with Gasteiger partial charge in [0.05, 0.1) is 23.0 Å². The number of ether oxygens (including phenoxy) is 1. The first-order valence-electron chi connectivity index (χ1n) is 9.31. The van der Waals surface area contributed by atoms with Crippen molar-refractivity contribution in [2.24, 2.45) is 11.8 Å². The molecule has 1 amide bonds. The summed E-state index contributed by atoms with van der Waals surface area (Å²) in [6, 6.07) is 12.6. The maximum Gasteiger partial charge on any atom is 0.310 e. The van der Waals surface area contributed by atoms with Crippen LogP contribution in [0.25, 0.3) is 0 Å². The van der Waals surface area contributed by atoms with Crippen LogP contribution in [-0.4, -0.2) is 37.6 Å². The minimum absolute atomic E-state index is 0.148. The van der Waals surface area contributed by atoms with Crippen molar-refractivity contribution >= 4 is 33.3 Å². The normalized spacial score (nSPS) is 24.6. The zero-order valence-electron chi connectivity index (χ0n) is 16.0. The maximum absolute atomic E-state index is 12.6. The minimum Gasteiger partial charge on any atom is -0.481 e. The lowest BCUT2D eigenvalue weighted by atomic mass is 9.82. The fourth-order valence-corrected chi connectivity index (χ4v) is 4.75. The molecule has 4 rings (SSSR count). The summed E-state index contributed by atoms with van der Waals surface area (Å²) in [5.41, 5.74) is 1.72. The number of hydrogen-bond acceptors (Lipinski definition) is 5. The van der Waals surface area contributed by atoms with Crippen molar-refractivity contribution in [2.75, 3.05) is 10.0 Å². The van der Waals surface area contributed by atoms with Gasteiger partial charge in [-0.3, -0.25) is 14.3 Å². The van der Waals surface area contributed by atoms with E-state index in [-0.39, 0.29) is 4.90 Å². The number of nitrogens with one attached hydrogen (secondary N) is 2. The third kappa shape index (κ3) is 3.81. The highest BCUT2D eigenvalue weighted by atomic mass is 32.2. The smallest absolute Gasteiger partial charge is 0.310 e. The second kappa shape index (κ2) is 7.58. The van der Waals surface area contributed by atoms with Gasteiger partial charge in [-0.2, -0.15) is 0 Å². The molecule has 156 valence electrons. The van der Waals surface area contributed by atoms with Gasteiger partial charge >= 0.3 is 5.97 Å². The molecule has 2 aliphatic heterocycles. The van der Waals surface area contributed by atoms with Gasteiger partial charge in [-0.25, -0.2) is 8.42 Å². The molecule has 8 nitrogen and oxygen atoms in total. The molecular formula is C21H20N2O6S. The number of rotatable bonds is 6. The summed E-state index contributed by atoms with van der Waals surface area (Å²) in [6.07, 6.45) is 2.22. The highest BCUT2D eigenvalue weighted by molar-refractivity contribution is 7.92. The number of sulfonamides is 1. The molecule has 2 aromatic carbocycles. The topological polar surface area (TPSA) is 122 Å². The zero-order valence-corrected chi connectivity index (χ0v) is 16.8. The monoisotopic (exact) mass is 428 g/mol. The summed E-state index contributed by atoms with van der Waals surface area (Å²) in [4.78, 5) is 24.3. The summed E-state index contributed by atoms with van der Waals surface area (Å²) in [6.45, 7) is 1.87. The second-order valence-electron chi connectivity index (χ2n) is 7.33. The van der Waals surface area contributed by atoms with Crippen LogP contribution in [0.4, 0.5) is 11.4 Å². The molecule has 9 heteroatoms. The van der Waals surface area contributed by atoms with Gasteiger partial charge in [0, 0.05) is 11.4 Å². The highest BCUT2D eigenvalue weighted by Crippen LogP contribution is 2.39. The number of aryl methyl sites for hydroxylation is 1. The molecule has 0 spiro atoms. The van der Waals surface area contributed by atoms with Gasteiger partial charge in [-0.1, -0.05) is 29.8 Å². The average molecular weight is 428 g/mol. The number of carbonyl (C=O) groups excluding carboxylic acids is 1. The Kier molecular flexibility index (Phi) is 5.08. The van der Waals surface area contributed by atoms with Gasteiger partial charge in [-0.05, 0) is 43.3 Å². The number of carbonyl (C=O) groups is 2. The van der Waals surface area contributed by atoms with Gasteiger partial charge in [0.1, 0.15) is 5.92 Å². The van der Waals surface area contributed by atoms with E-state index in [1.807, 2.05) is 6.92 Å². The standard InChI is InChI=1S/C21H20N2O6S/c1-12-2-8-15(9-3-12)30(27,28)23-14-6-4-13(5-7-14)22-20(24)18-16-10-11-17(29-16)19(18)21(25)26/h2-11,16-19,23H,1H3,(H,22,24)(H,25,26)/t16-,17+,18+,19-/m0/s1. The largest absolute Gasteiger partial charge is 0.481 e. The second-order valence-corrected chi connectivity index (χ2v) is 9.01. The van der Waals surface area contributed by atoms with Crippen LogP contribution in [0, 0.1) is 18.8 Å². The summed E-state index contributed by atoms with van der Waals surface area (Å²) in [5, 5.41) is 12.1. The van der Waals surface area contributed by atoms with Gasteiger partial charge < -0.3 is 15.2 Å². The van der Waals surface area contributed by atoms with Crippen molar-refractivity contribution < 1.29 is 27.9 Å². The summed E-state index contributed by atoms with van der Waals surface area (Å²) < 4.78 is 32.9. The Bertz CT molecular complexity index is 1110. The molecule has 2 aromatic rings. The molecule has 2 heterocycles. The van der Waals surface area contributed by atoms with Crippen LogP contribution in [0.5, 0.6) is 0 Å². The maximum atomic E-state index is 12.6. The van der Waals surface area contributed by atoms with Gasteiger partial charge in [0.2, 0.25) is 5.91 Å². The predicted octanol–water partition coefficient (Wildman–Crippen LogP) is 2.39. The Labute approximate surface area is 173 Å². The third-order valence-corrected chi connectivity index (χ3v) is 6.62. The Balaban J connectivity index is 1.44. The SMILES string of the molecule is Cc1ccc(S(=O)(=O)Nc2ccc(NC(=O)[C@H]3[C@@H](C(=O)O)[C@H]4C=C[C@@H]3O4)cc2)cc1. The van der Waals surface area contributed by atoms with E-state index in [1.54, 1.807) is 36.4 Å². The number of amides is 1. The molecule has 2 bridgehead atoms. The van der Waals surface area contributed by atoms with Crippen molar-refractivity contribution in [1.29, 1.82) is 0 Å². The number of hydrogen-bond donors (Lipinski definition) is 3. The van der Waals surface area contributed by atoms with Crippen LogP contribution < -0.4 is 10.0 Å². The number of anilines is 2. The third-order valence-electron chi connectivity index (χ3n) is 5.22. The van der Waals surface area contributed by atoms with E-state index in [4.69, 9.17) is 4.74 Å². The Morgan fingerprint density at radius 1 is 0.900 bits per heavy atom. The molecule has 30 heavy (non-hydrogen) atoms. The fraction of sp³-hybridized carbons (Fsp3) is 0.238. The molecule has 4 atom stereocenters. The molecule has 3 N–H and O–H groups in total. The summed E-state index contributed by atoms with van der Waals surface area (Å²) >= 11 is 0. The zero-order chi connectivity index (χ0) is 21.5. The first-order chi connectivity index (χ1) is 14.2. The van der Waals surface area contributed by atoms with Crippen LogP contribution in [0.2, 0.25) is 0 Å². The van der Waals surface area contributed by atoms with E-state index >= 15 is 0 Å². The van der Waals surface area contributed by atoms with Crippen LogP contribution in [0.1, 0.15) is 5.56 Å². The number of benzene rings is 2. The van der Waals surface area contributed by atoms with E-state index < -0.39 is 45.9 Å². The van der Waals surface area contributed by atoms with Crippen molar-refractivity contribution in [2.45, 2.75) is 24.0 Å². The lowest BCUT2D eigenvalue weighted by Crippen LogP contribution is -2.39. The Morgan fingerprint density at radius 2 is 1.47 bits per heavy atom. The van der Waals surface area contributed by atoms with Gasteiger partial charge in [0.15, 0.2) is 0 Å². The Morgan fingerprint density at radius 3 is 2.07 bits per heavy atom. The number of fused-ring (bicyclic) bond motifs is 2. The number of carboxylic acid groups (broad SMARTS) is 1. The molecule has 1 saturated heterocycles. The predicted molar refractivity (Wildman–Crippen MR) is 109 cm³/mol. The van der Waals surface area contributed by atoms with Crippen molar-refractivity contribution in [1.82, 2.24) is 0 Å². The lowest BCUT2D eigenvalue weighted by molar-refractivity contribution is -0.145. The molecule has 0 unspecified atom stereocenters. The van der Waals surface area contributed by atoms with E-state index in [0.29, 0.717) is 11.4 Å².